The van der Waals surface area contributed by atoms with Gasteiger partial charge in [-0.25, -0.2) is 0 Å². The molecule has 0 aliphatic carbocycles. The van der Waals surface area contributed by atoms with E-state index in [9.17, 15) is 10.5 Å². The number of aromatic amines is 1. The van der Waals surface area contributed by atoms with Crippen molar-refractivity contribution >= 4 is 28.5 Å². The molecule has 0 amide bonds. The summed E-state index contributed by atoms with van der Waals surface area (Å²) in [6, 6.07) is 18.0. The highest BCUT2D eigenvalue weighted by molar-refractivity contribution is 6.30. The molecular formula is C22H17ClN4O. The van der Waals surface area contributed by atoms with Gasteiger partial charge in [0, 0.05) is 38.7 Å². The van der Waals surface area contributed by atoms with E-state index >= 15 is 0 Å². The zero-order valence-electron chi connectivity index (χ0n) is 15.2. The highest BCUT2D eigenvalue weighted by Crippen LogP contribution is 2.46. The average Bonchev–Trinajstić information content (AvgIpc) is 2.94. The maximum atomic E-state index is 12.9. The zero-order valence-corrected chi connectivity index (χ0v) is 16.0. The molecule has 1 aromatic heterocycles. The molecule has 1 unspecified atom stereocenters. The van der Waals surface area contributed by atoms with Crippen LogP contribution in [0.4, 0.5) is 11.4 Å². The highest BCUT2D eigenvalue weighted by Gasteiger charge is 2.35. The standard InChI is InChI=1S/C22H17ClN4O/c1-27(28)12-18-16-4-2-3-5-21(16)26(15-8-6-14(23)7-9-15)11-17-19(10-24)25-20(13-27)22(17)18/h2-9,12,25H,11,13H2,1H3. The van der Waals surface area contributed by atoms with E-state index in [2.05, 4.69) is 22.0 Å². The van der Waals surface area contributed by atoms with Gasteiger partial charge in [0.05, 0.1) is 19.3 Å². The second-order valence-electron chi connectivity index (χ2n) is 7.40. The molecule has 6 heteroatoms. The third-order valence-electron chi connectivity index (χ3n) is 5.38. The van der Waals surface area contributed by atoms with Crippen molar-refractivity contribution in [2.75, 3.05) is 11.9 Å². The highest BCUT2D eigenvalue weighted by atomic mass is 35.5. The summed E-state index contributed by atoms with van der Waals surface area (Å²) in [5, 5.41) is 23.3. The van der Waals surface area contributed by atoms with Crippen molar-refractivity contribution in [1.82, 2.24) is 4.98 Å². The minimum absolute atomic E-state index is 0.288. The number of H-pyrrole nitrogens is 1. The van der Waals surface area contributed by atoms with Gasteiger partial charge in [0.2, 0.25) is 0 Å². The molecule has 1 atom stereocenters. The van der Waals surface area contributed by atoms with Gasteiger partial charge in [0.1, 0.15) is 24.5 Å². The summed E-state index contributed by atoms with van der Waals surface area (Å²) in [4.78, 5) is 5.37. The lowest BCUT2D eigenvalue weighted by atomic mass is 9.93. The number of aromatic nitrogens is 1. The van der Waals surface area contributed by atoms with E-state index in [0.717, 1.165) is 39.3 Å². The summed E-state index contributed by atoms with van der Waals surface area (Å²) in [5.41, 5.74) is 7.12. The van der Waals surface area contributed by atoms with Crippen molar-refractivity contribution in [2.24, 2.45) is 0 Å². The van der Waals surface area contributed by atoms with E-state index in [1.807, 2.05) is 42.5 Å². The number of nitrogens with zero attached hydrogens (tertiary/aromatic N) is 3. The van der Waals surface area contributed by atoms with Gasteiger partial charge in [-0.1, -0.05) is 29.8 Å². The normalized spacial score (nSPS) is 19.9. The van der Waals surface area contributed by atoms with E-state index in [1.165, 1.54) is 0 Å². The van der Waals surface area contributed by atoms with Crippen LogP contribution in [0.1, 0.15) is 28.1 Å². The minimum Gasteiger partial charge on any atom is -0.628 e. The van der Waals surface area contributed by atoms with Gasteiger partial charge in [-0.3, -0.25) is 0 Å². The lowest BCUT2D eigenvalue weighted by Crippen LogP contribution is -2.33. The van der Waals surface area contributed by atoms with Crippen molar-refractivity contribution in [1.29, 1.82) is 5.26 Å². The molecule has 2 aliphatic heterocycles. The van der Waals surface area contributed by atoms with Crippen LogP contribution in [0.2, 0.25) is 5.02 Å². The van der Waals surface area contributed by atoms with Crippen molar-refractivity contribution in [3.8, 4) is 6.07 Å². The smallest absolute Gasteiger partial charge is 0.124 e. The quantitative estimate of drug-likeness (QED) is 0.469. The maximum absolute atomic E-state index is 12.9. The third-order valence-corrected chi connectivity index (χ3v) is 5.63. The van der Waals surface area contributed by atoms with Crippen molar-refractivity contribution in [2.45, 2.75) is 13.1 Å². The van der Waals surface area contributed by atoms with Crippen LogP contribution in [0, 0.1) is 16.5 Å². The van der Waals surface area contributed by atoms with Gasteiger partial charge < -0.3 is 19.7 Å². The third kappa shape index (κ3) is 2.54. The van der Waals surface area contributed by atoms with Crippen LogP contribution in [0.3, 0.4) is 0 Å². The summed E-state index contributed by atoms with van der Waals surface area (Å²) in [7, 11) is 1.63. The predicted molar refractivity (Wildman–Crippen MR) is 110 cm³/mol. The average molecular weight is 389 g/mol. The molecule has 3 heterocycles. The number of hydroxylamine groups is 3. The largest absolute Gasteiger partial charge is 0.628 e. The molecule has 0 bridgehead atoms. The number of hydrogen-bond acceptors (Lipinski definition) is 3. The number of anilines is 2. The second-order valence-corrected chi connectivity index (χ2v) is 7.84. The molecule has 0 saturated heterocycles. The fraction of sp³-hybridized carbons (Fsp3) is 0.136. The summed E-state index contributed by atoms with van der Waals surface area (Å²) >= 11 is 6.09. The number of quaternary nitrogens is 1. The summed E-state index contributed by atoms with van der Waals surface area (Å²) in [6.45, 7) is 0.823. The first-order valence-corrected chi connectivity index (χ1v) is 9.40. The van der Waals surface area contributed by atoms with E-state index in [4.69, 9.17) is 11.6 Å². The SMILES string of the molecule is C[N+]1([O-])C=C2c3ccccc3N(c3ccc(Cl)cc3)Cc3c(C#N)[nH]c(c32)C1. The first kappa shape index (κ1) is 17.1. The first-order chi connectivity index (χ1) is 13.5. The molecule has 5 rings (SSSR count). The van der Waals surface area contributed by atoms with E-state index in [-0.39, 0.29) is 6.54 Å². The number of halogens is 1. The van der Waals surface area contributed by atoms with Crippen LogP contribution < -0.4 is 4.90 Å². The number of benzene rings is 2. The number of hydrogen-bond donors (Lipinski definition) is 1. The summed E-state index contributed by atoms with van der Waals surface area (Å²) in [6.07, 6.45) is 1.75. The molecule has 138 valence electrons. The van der Waals surface area contributed by atoms with Crippen LogP contribution in [0.25, 0.3) is 5.57 Å². The van der Waals surface area contributed by atoms with Gasteiger partial charge in [-0.2, -0.15) is 5.26 Å². The zero-order chi connectivity index (χ0) is 19.5. The van der Waals surface area contributed by atoms with Gasteiger partial charge in [0.15, 0.2) is 0 Å². The lowest BCUT2D eigenvalue weighted by Gasteiger charge is -2.38. The van der Waals surface area contributed by atoms with E-state index in [1.54, 1.807) is 13.2 Å². The molecule has 28 heavy (non-hydrogen) atoms. The molecule has 5 nitrogen and oxygen atoms in total. The van der Waals surface area contributed by atoms with Crippen LogP contribution in [0.15, 0.2) is 54.7 Å². The first-order valence-electron chi connectivity index (χ1n) is 9.02. The number of para-hydroxylation sites is 1. The molecule has 3 aromatic rings. The number of nitriles is 1. The van der Waals surface area contributed by atoms with Crippen molar-refractivity contribution < 1.29 is 4.65 Å². The molecule has 0 radical (unpaired) electrons. The van der Waals surface area contributed by atoms with Crippen LogP contribution in [-0.2, 0) is 13.1 Å². The van der Waals surface area contributed by atoms with Gasteiger partial charge >= 0.3 is 0 Å². The fourth-order valence-corrected chi connectivity index (χ4v) is 4.35. The van der Waals surface area contributed by atoms with Crippen LogP contribution in [-0.4, -0.2) is 16.7 Å². The summed E-state index contributed by atoms with van der Waals surface area (Å²) in [5.74, 6) is 0. The van der Waals surface area contributed by atoms with Crippen LogP contribution >= 0.6 is 11.6 Å². The fourth-order valence-electron chi connectivity index (χ4n) is 4.23. The Kier molecular flexibility index (Phi) is 3.65. The second kappa shape index (κ2) is 5.98. The molecule has 2 aliphatic rings. The van der Waals surface area contributed by atoms with Crippen molar-refractivity contribution in [3.05, 3.63) is 93.0 Å². The van der Waals surface area contributed by atoms with Crippen LogP contribution in [0.5, 0.6) is 0 Å². The Morgan fingerprint density at radius 3 is 2.68 bits per heavy atom. The Morgan fingerprint density at radius 1 is 1.18 bits per heavy atom. The molecule has 0 fully saturated rings. The summed E-state index contributed by atoms with van der Waals surface area (Å²) < 4.78 is -0.511. The number of nitrogens with one attached hydrogen (secondary N) is 1. The van der Waals surface area contributed by atoms with Gasteiger partial charge in [-0.15, -0.1) is 0 Å². The van der Waals surface area contributed by atoms with E-state index < -0.39 is 4.65 Å². The number of fused-ring (bicyclic) bond motifs is 2. The lowest BCUT2D eigenvalue weighted by molar-refractivity contribution is -0.822. The minimum atomic E-state index is -0.511. The molecule has 2 aromatic carbocycles. The Labute approximate surface area is 167 Å². The van der Waals surface area contributed by atoms with Gasteiger partial charge in [-0.05, 0) is 30.3 Å². The van der Waals surface area contributed by atoms with Gasteiger partial charge in [0.25, 0.3) is 0 Å². The molecular weight excluding hydrogens is 372 g/mol. The Balaban J connectivity index is 1.82. The topological polar surface area (TPSA) is 65.9 Å². The number of rotatable bonds is 1. The maximum Gasteiger partial charge on any atom is 0.124 e. The molecule has 0 spiro atoms. The molecule has 1 N–H and O–H groups in total. The van der Waals surface area contributed by atoms with Crippen molar-refractivity contribution in [3.63, 3.8) is 0 Å². The predicted octanol–water partition coefficient (Wildman–Crippen LogP) is 5.04. The Bertz CT molecular complexity index is 1170. The molecule has 0 saturated carbocycles. The van der Waals surface area contributed by atoms with E-state index in [0.29, 0.717) is 17.3 Å². The Morgan fingerprint density at radius 2 is 1.93 bits per heavy atom. The Hall–Kier alpha value is -3.04. The monoisotopic (exact) mass is 388 g/mol.